The Balaban J connectivity index is 1.94. The average molecular weight is 369 g/mol. The lowest BCUT2D eigenvalue weighted by molar-refractivity contribution is -0.156. The molecule has 2 N–H and O–H groups in total. The van der Waals surface area contributed by atoms with Crippen LogP contribution >= 0.6 is 15.9 Å². The van der Waals surface area contributed by atoms with E-state index in [2.05, 4.69) is 15.9 Å². The summed E-state index contributed by atoms with van der Waals surface area (Å²) >= 11 is 3.30. The quantitative estimate of drug-likeness (QED) is 0.858. The van der Waals surface area contributed by atoms with Crippen LogP contribution in [0.25, 0.3) is 0 Å². The monoisotopic (exact) mass is 368 g/mol. The Morgan fingerprint density at radius 1 is 1.41 bits per heavy atom. The summed E-state index contributed by atoms with van der Waals surface area (Å²) in [5.41, 5.74) is 0.772. The van der Waals surface area contributed by atoms with Crippen LogP contribution < -0.4 is 4.74 Å². The molecular weight excluding hydrogens is 352 g/mol. The lowest BCUT2D eigenvalue weighted by atomic mass is 9.99. The minimum absolute atomic E-state index is 0.0321. The van der Waals surface area contributed by atoms with Gasteiger partial charge in [0.05, 0.1) is 18.2 Å². The second-order valence-electron chi connectivity index (χ2n) is 5.17. The minimum Gasteiger partial charge on any atom is -0.503 e. The van der Waals surface area contributed by atoms with E-state index in [0.717, 1.165) is 17.7 Å². The Bertz CT molecular complexity index is 625. The molecule has 0 radical (unpaired) electrons. The topological polar surface area (TPSA) is 68.2 Å². The zero-order valence-electron chi connectivity index (χ0n) is 12.0. The van der Waals surface area contributed by atoms with Crippen molar-refractivity contribution < 1.29 is 24.4 Å². The maximum atomic E-state index is 9.92. The highest BCUT2D eigenvalue weighted by molar-refractivity contribution is 9.10. The molecule has 1 aromatic carbocycles. The van der Waals surface area contributed by atoms with Crippen LogP contribution in [0.3, 0.4) is 0 Å². The van der Waals surface area contributed by atoms with Gasteiger partial charge in [-0.15, -0.1) is 0 Å². The van der Waals surface area contributed by atoms with Crippen molar-refractivity contribution in [2.24, 2.45) is 0 Å². The van der Waals surface area contributed by atoms with Gasteiger partial charge in [-0.3, -0.25) is 0 Å². The maximum absolute atomic E-state index is 9.92. The highest BCUT2D eigenvalue weighted by atomic mass is 79.9. The number of fused-ring (bicyclic) bond motifs is 1. The molecule has 0 spiro atoms. The number of rotatable bonds is 3. The highest BCUT2D eigenvalue weighted by Gasteiger charge is 2.37. The first-order chi connectivity index (χ1) is 10.6. The van der Waals surface area contributed by atoms with Crippen LogP contribution in [-0.4, -0.2) is 36.1 Å². The van der Waals surface area contributed by atoms with Crippen molar-refractivity contribution in [3.05, 3.63) is 46.2 Å². The minimum atomic E-state index is -0.504. The summed E-state index contributed by atoms with van der Waals surface area (Å²) in [6, 6.07) is 3.45. The molecule has 3 atom stereocenters. The zero-order valence-corrected chi connectivity index (χ0v) is 13.6. The molecule has 5 nitrogen and oxygen atoms in total. The van der Waals surface area contributed by atoms with Crippen LogP contribution in [0.5, 0.6) is 11.5 Å². The van der Waals surface area contributed by atoms with Crippen molar-refractivity contribution >= 4 is 15.9 Å². The van der Waals surface area contributed by atoms with E-state index < -0.39 is 12.2 Å². The highest BCUT2D eigenvalue weighted by Crippen LogP contribution is 2.42. The Labute approximate surface area is 136 Å². The molecule has 1 saturated heterocycles. The molecule has 1 heterocycles. The molecule has 0 saturated carbocycles. The number of halogens is 1. The lowest BCUT2D eigenvalue weighted by Gasteiger charge is -2.38. The van der Waals surface area contributed by atoms with Crippen molar-refractivity contribution in [2.75, 3.05) is 13.7 Å². The number of aliphatic hydroxyl groups excluding tert-OH is 1. The maximum Gasteiger partial charge on any atom is 0.172 e. The van der Waals surface area contributed by atoms with Gasteiger partial charge < -0.3 is 24.4 Å². The summed E-state index contributed by atoms with van der Waals surface area (Å²) in [6.45, 7) is -0.167. The molecule has 6 heteroatoms. The van der Waals surface area contributed by atoms with E-state index in [-0.39, 0.29) is 18.5 Å². The predicted octanol–water partition coefficient (Wildman–Crippen LogP) is 2.82. The second kappa shape index (κ2) is 6.32. The third-order valence-corrected chi connectivity index (χ3v) is 4.38. The third kappa shape index (κ3) is 2.74. The summed E-state index contributed by atoms with van der Waals surface area (Å²) in [6.07, 6.45) is 5.43. The average Bonchev–Trinajstić information content (AvgIpc) is 2.56. The van der Waals surface area contributed by atoms with Crippen LogP contribution in [0, 0.1) is 0 Å². The van der Waals surface area contributed by atoms with Gasteiger partial charge in [-0.25, -0.2) is 0 Å². The summed E-state index contributed by atoms with van der Waals surface area (Å²) < 4.78 is 17.7. The third-order valence-electron chi connectivity index (χ3n) is 3.78. The number of phenols is 1. The van der Waals surface area contributed by atoms with E-state index in [0.29, 0.717) is 10.2 Å². The van der Waals surface area contributed by atoms with Crippen molar-refractivity contribution in [3.8, 4) is 11.5 Å². The molecule has 118 valence electrons. The van der Waals surface area contributed by atoms with Gasteiger partial charge in [0.25, 0.3) is 0 Å². The number of allylic oxidation sites excluding steroid dienone is 2. The Morgan fingerprint density at radius 3 is 2.95 bits per heavy atom. The van der Waals surface area contributed by atoms with Crippen molar-refractivity contribution in [3.63, 3.8) is 0 Å². The van der Waals surface area contributed by atoms with Crippen LogP contribution in [0.15, 0.2) is 40.6 Å². The summed E-state index contributed by atoms with van der Waals surface area (Å²) in [7, 11) is 1.49. The molecule has 3 unspecified atom stereocenters. The van der Waals surface area contributed by atoms with Gasteiger partial charge in [-0.05, 0) is 46.1 Å². The molecule has 0 aromatic heterocycles. The zero-order chi connectivity index (χ0) is 15.7. The van der Waals surface area contributed by atoms with Crippen molar-refractivity contribution in [1.82, 2.24) is 0 Å². The van der Waals surface area contributed by atoms with E-state index in [1.165, 1.54) is 7.11 Å². The van der Waals surface area contributed by atoms with Crippen LogP contribution in [0.1, 0.15) is 18.1 Å². The fraction of sp³-hybridized carbons (Fsp3) is 0.375. The first-order valence-electron chi connectivity index (χ1n) is 7.00. The lowest BCUT2D eigenvalue weighted by Crippen LogP contribution is -2.39. The molecule has 1 aliphatic carbocycles. The molecular formula is C16H17BrO5. The van der Waals surface area contributed by atoms with E-state index in [9.17, 15) is 10.2 Å². The van der Waals surface area contributed by atoms with Crippen molar-refractivity contribution in [2.45, 2.75) is 24.7 Å². The molecule has 22 heavy (non-hydrogen) atoms. The number of hydrogen-bond donors (Lipinski definition) is 2. The van der Waals surface area contributed by atoms with Crippen LogP contribution in [0.2, 0.25) is 0 Å². The molecule has 0 bridgehead atoms. The molecule has 1 fully saturated rings. The molecule has 1 aromatic rings. The van der Waals surface area contributed by atoms with Gasteiger partial charge >= 0.3 is 0 Å². The number of aliphatic hydroxyl groups is 1. The Morgan fingerprint density at radius 2 is 2.23 bits per heavy atom. The predicted molar refractivity (Wildman–Crippen MR) is 83.8 cm³/mol. The van der Waals surface area contributed by atoms with Crippen molar-refractivity contribution in [1.29, 1.82) is 0 Å². The number of benzene rings is 1. The number of hydrogen-bond acceptors (Lipinski definition) is 5. The number of aromatic hydroxyl groups is 1. The van der Waals surface area contributed by atoms with Gasteiger partial charge in [-0.1, -0.05) is 12.2 Å². The molecule has 0 amide bonds. The first kappa shape index (κ1) is 15.4. The standard InChI is InChI=1S/C16H17BrO5/c1-20-13-7-9(6-10(17)15(13)19)16-14(8-18)21-11-4-2-3-5-12(11)22-16/h2-4,6-7,12,14,16,18-19H,5,8H2,1H3. The van der Waals surface area contributed by atoms with Crippen LogP contribution in [-0.2, 0) is 9.47 Å². The van der Waals surface area contributed by atoms with E-state index in [1.54, 1.807) is 12.1 Å². The fourth-order valence-electron chi connectivity index (χ4n) is 2.67. The largest absolute Gasteiger partial charge is 0.503 e. The van der Waals surface area contributed by atoms with E-state index in [4.69, 9.17) is 14.2 Å². The number of ether oxygens (including phenoxy) is 3. The number of phenolic OH excluding ortho intramolecular Hbond substituents is 1. The SMILES string of the molecule is COc1cc(C2OC3CC=CC=C3OC2CO)cc(Br)c1O. The molecule has 2 aliphatic rings. The van der Waals surface area contributed by atoms with E-state index in [1.807, 2.05) is 18.2 Å². The second-order valence-corrected chi connectivity index (χ2v) is 6.03. The van der Waals surface area contributed by atoms with Gasteiger partial charge in [0.15, 0.2) is 17.6 Å². The summed E-state index contributed by atoms with van der Waals surface area (Å²) in [5, 5.41) is 19.5. The smallest absolute Gasteiger partial charge is 0.172 e. The number of methoxy groups -OCH3 is 1. The first-order valence-corrected chi connectivity index (χ1v) is 7.79. The van der Waals surface area contributed by atoms with Gasteiger partial charge in [0.1, 0.15) is 18.0 Å². The molecule has 1 aliphatic heterocycles. The van der Waals surface area contributed by atoms with Gasteiger partial charge in [0, 0.05) is 0 Å². The summed E-state index contributed by atoms with van der Waals surface area (Å²) in [4.78, 5) is 0. The molecule has 3 rings (SSSR count). The van der Waals surface area contributed by atoms with Crippen LogP contribution in [0.4, 0.5) is 0 Å². The normalized spacial score (nSPS) is 26.9. The fourth-order valence-corrected chi connectivity index (χ4v) is 3.13. The van der Waals surface area contributed by atoms with Gasteiger partial charge in [0.2, 0.25) is 0 Å². The summed E-state index contributed by atoms with van der Waals surface area (Å²) in [5.74, 6) is 1.11. The van der Waals surface area contributed by atoms with E-state index >= 15 is 0 Å². The van der Waals surface area contributed by atoms with Gasteiger partial charge in [-0.2, -0.15) is 0 Å². The Hall–Kier alpha value is -1.50. The Kier molecular flexibility index (Phi) is 4.42.